The summed E-state index contributed by atoms with van der Waals surface area (Å²) in [6.07, 6.45) is 4.91. The molecule has 1 N–H and O–H groups in total. The molecule has 2 rings (SSSR count). The van der Waals surface area contributed by atoms with Gasteiger partial charge < -0.3 is 5.32 Å². The normalized spacial score (nSPS) is 13.1. The van der Waals surface area contributed by atoms with E-state index in [0.29, 0.717) is 6.04 Å². The van der Waals surface area contributed by atoms with Gasteiger partial charge in [-0.2, -0.15) is 0 Å². The minimum absolute atomic E-state index is 0.150. The Morgan fingerprint density at radius 3 is 2.83 bits per heavy atom. The van der Waals surface area contributed by atoms with E-state index in [1.807, 2.05) is 13.1 Å². The van der Waals surface area contributed by atoms with E-state index in [1.54, 1.807) is 17.4 Å². The van der Waals surface area contributed by atoms with Gasteiger partial charge in [-0.25, -0.2) is 4.39 Å². The Bertz CT molecular complexity index is 506. The first-order valence-electron chi connectivity index (χ1n) is 6.61. The number of halogens is 1. The molecule has 0 spiro atoms. The lowest BCUT2D eigenvalue weighted by Gasteiger charge is -2.13. The average molecular weight is 265 g/mol. The average Bonchev–Trinajstić information content (AvgIpc) is 2.77. The summed E-state index contributed by atoms with van der Waals surface area (Å²) in [6.45, 7) is 2.22. The molecule has 0 radical (unpaired) electrons. The van der Waals surface area contributed by atoms with Gasteiger partial charge in [-0.3, -0.25) is 0 Å². The molecule has 0 bridgehead atoms. The second kappa shape index (κ2) is 6.30. The Labute approximate surface area is 112 Å². The highest BCUT2D eigenvalue weighted by molar-refractivity contribution is 7.19. The smallest absolute Gasteiger partial charge is 0.124 e. The number of hydrogen-bond donors (Lipinski definition) is 1. The van der Waals surface area contributed by atoms with Crippen LogP contribution in [-0.4, -0.2) is 7.05 Å². The van der Waals surface area contributed by atoms with Gasteiger partial charge in [0.25, 0.3) is 0 Å². The van der Waals surface area contributed by atoms with Crippen molar-refractivity contribution in [1.29, 1.82) is 0 Å². The largest absolute Gasteiger partial charge is 0.312 e. The van der Waals surface area contributed by atoms with Crippen molar-refractivity contribution in [1.82, 2.24) is 5.32 Å². The summed E-state index contributed by atoms with van der Waals surface area (Å²) < 4.78 is 14.2. The van der Waals surface area contributed by atoms with E-state index in [1.165, 1.54) is 30.2 Å². The van der Waals surface area contributed by atoms with Crippen LogP contribution in [0.1, 0.15) is 43.5 Å². The minimum Gasteiger partial charge on any atom is -0.312 e. The standard InChI is InChI=1S/C15H20FNS/c1-3-4-5-6-13(17-2)15-9-11-7-8-12(16)10-14(11)18-15/h7-10,13,17H,3-6H2,1-2H3. The number of rotatable bonds is 6. The summed E-state index contributed by atoms with van der Waals surface area (Å²) in [4.78, 5) is 1.31. The quantitative estimate of drug-likeness (QED) is 0.734. The number of fused-ring (bicyclic) bond motifs is 1. The second-order valence-corrected chi connectivity index (χ2v) is 5.78. The third-order valence-corrected chi connectivity index (χ3v) is 4.50. The molecule has 1 aromatic carbocycles. The van der Waals surface area contributed by atoms with Crippen molar-refractivity contribution in [3.05, 3.63) is 35.0 Å². The summed E-state index contributed by atoms with van der Waals surface area (Å²) in [5.74, 6) is -0.150. The Morgan fingerprint density at radius 1 is 1.28 bits per heavy atom. The number of unbranched alkanes of at least 4 members (excludes halogenated alkanes) is 2. The zero-order chi connectivity index (χ0) is 13.0. The molecule has 18 heavy (non-hydrogen) atoms. The summed E-state index contributed by atoms with van der Waals surface area (Å²) in [5.41, 5.74) is 0. The first-order valence-corrected chi connectivity index (χ1v) is 7.42. The number of thiophene rings is 1. The molecule has 0 saturated heterocycles. The predicted molar refractivity (Wildman–Crippen MR) is 77.7 cm³/mol. The van der Waals surface area contributed by atoms with Crippen LogP contribution in [0.2, 0.25) is 0 Å². The maximum Gasteiger partial charge on any atom is 0.124 e. The lowest BCUT2D eigenvalue weighted by molar-refractivity contribution is 0.519. The van der Waals surface area contributed by atoms with E-state index in [9.17, 15) is 4.39 Å². The number of hydrogen-bond acceptors (Lipinski definition) is 2. The molecule has 0 fully saturated rings. The van der Waals surface area contributed by atoms with E-state index in [0.717, 1.165) is 16.5 Å². The van der Waals surface area contributed by atoms with Crippen molar-refractivity contribution >= 4 is 21.4 Å². The third kappa shape index (κ3) is 3.09. The van der Waals surface area contributed by atoms with E-state index < -0.39 is 0 Å². The van der Waals surface area contributed by atoms with E-state index in [2.05, 4.69) is 18.3 Å². The molecule has 0 amide bonds. The molecule has 0 aliphatic heterocycles. The summed E-state index contributed by atoms with van der Waals surface area (Å²) in [5, 5.41) is 4.51. The van der Waals surface area contributed by atoms with Crippen molar-refractivity contribution in [2.45, 2.75) is 38.6 Å². The summed E-state index contributed by atoms with van der Waals surface area (Å²) in [6, 6.07) is 7.61. The van der Waals surface area contributed by atoms with Gasteiger partial charge in [-0.15, -0.1) is 11.3 Å². The van der Waals surface area contributed by atoms with Crippen molar-refractivity contribution in [3.8, 4) is 0 Å². The monoisotopic (exact) mass is 265 g/mol. The van der Waals surface area contributed by atoms with Crippen LogP contribution in [0.5, 0.6) is 0 Å². The first-order chi connectivity index (χ1) is 8.74. The first kappa shape index (κ1) is 13.5. The number of benzene rings is 1. The van der Waals surface area contributed by atoms with Gasteiger partial charge in [0, 0.05) is 15.6 Å². The number of nitrogens with one attached hydrogen (secondary N) is 1. The molecule has 1 unspecified atom stereocenters. The third-order valence-electron chi connectivity index (χ3n) is 3.29. The Hall–Kier alpha value is -0.930. The zero-order valence-corrected chi connectivity index (χ0v) is 11.8. The molecule has 0 aliphatic rings. The molecular formula is C15H20FNS. The Kier molecular flexibility index (Phi) is 4.72. The van der Waals surface area contributed by atoms with E-state index in [4.69, 9.17) is 0 Å². The predicted octanol–water partition coefficient (Wildman–Crippen LogP) is 4.88. The molecule has 1 aromatic heterocycles. The summed E-state index contributed by atoms with van der Waals surface area (Å²) in [7, 11) is 2.00. The fourth-order valence-electron chi connectivity index (χ4n) is 2.22. The van der Waals surface area contributed by atoms with Gasteiger partial charge >= 0.3 is 0 Å². The van der Waals surface area contributed by atoms with Crippen LogP contribution < -0.4 is 5.32 Å². The van der Waals surface area contributed by atoms with E-state index >= 15 is 0 Å². The molecular weight excluding hydrogens is 245 g/mol. The van der Waals surface area contributed by atoms with Gasteiger partial charge in [0.1, 0.15) is 5.82 Å². The highest BCUT2D eigenvalue weighted by Crippen LogP contribution is 2.32. The van der Waals surface area contributed by atoms with Gasteiger partial charge in [0.2, 0.25) is 0 Å². The van der Waals surface area contributed by atoms with Crippen LogP contribution >= 0.6 is 11.3 Å². The van der Waals surface area contributed by atoms with Crippen LogP contribution in [0.4, 0.5) is 4.39 Å². The molecule has 1 nitrogen and oxygen atoms in total. The molecule has 1 heterocycles. The van der Waals surface area contributed by atoms with Crippen molar-refractivity contribution < 1.29 is 4.39 Å². The highest BCUT2D eigenvalue weighted by atomic mass is 32.1. The van der Waals surface area contributed by atoms with Gasteiger partial charge in [0.05, 0.1) is 0 Å². The van der Waals surface area contributed by atoms with E-state index in [-0.39, 0.29) is 5.82 Å². The zero-order valence-electron chi connectivity index (χ0n) is 11.0. The van der Waals surface area contributed by atoms with Gasteiger partial charge in [-0.05, 0) is 37.1 Å². The lowest BCUT2D eigenvalue weighted by Crippen LogP contribution is -2.14. The molecule has 0 saturated carbocycles. The van der Waals surface area contributed by atoms with Gasteiger partial charge in [-0.1, -0.05) is 32.3 Å². The minimum atomic E-state index is -0.150. The fraction of sp³-hybridized carbons (Fsp3) is 0.467. The second-order valence-electron chi connectivity index (χ2n) is 4.67. The van der Waals surface area contributed by atoms with Crippen molar-refractivity contribution in [2.75, 3.05) is 7.05 Å². The maximum atomic E-state index is 13.2. The molecule has 0 aliphatic carbocycles. The van der Waals surface area contributed by atoms with Gasteiger partial charge in [0.15, 0.2) is 0 Å². The van der Waals surface area contributed by atoms with Crippen molar-refractivity contribution in [2.24, 2.45) is 0 Å². The van der Waals surface area contributed by atoms with Crippen molar-refractivity contribution in [3.63, 3.8) is 0 Å². The molecule has 98 valence electrons. The Morgan fingerprint density at radius 2 is 2.11 bits per heavy atom. The van der Waals surface area contributed by atoms with Crippen LogP contribution in [0.15, 0.2) is 24.3 Å². The molecule has 1 atom stereocenters. The van der Waals surface area contributed by atoms with Crippen LogP contribution in [0.3, 0.4) is 0 Å². The maximum absolute atomic E-state index is 13.2. The molecule has 2 aromatic rings. The van der Waals surface area contributed by atoms with Crippen LogP contribution in [0, 0.1) is 5.82 Å². The van der Waals surface area contributed by atoms with Crippen LogP contribution in [0.25, 0.3) is 10.1 Å². The SMILES string of the molecule is CCCCCC(NC)c1cc2ccc(F)cc2s1. The van der Waals surface area contributed by atoms with Crippen LogP contribution in [-0.2, 0) is 0 Å². The Balaban J connectivity index is 2.17. The topological polar surface area (TPSA) is 12.0 Å². The summed E-state index contributed by atoms with van der Waals surface area (Å²) >= 11 is 1.70. The molecule has 3 heteroatoms. The fourth-order valence-corrected chi connectivity index (χ4v) is 3.46. The highest BCUT2D eigenvalue weighted by Gasteiger charge is 2.12. The lowest BCUT2D eigenvalue weighted by atomic mass is 10.1.